The second-order valence-corrected chi connectivity index (χ2v) is 6.56. The van der Waals surface area contributed by atoms with Crippen LogP contribution in [0.2, 0.25) is 0 Å². The number of nitrogens with zero attached hydrogens (tertiary/aromatic N) is 2. The van der Waals surface area contributed by atoms with E-state index in [0.717, 1.165) is 51.4 Å². The SMILES string of the molecule is CCOC[C@@H]1CCN(C(=O)Nc2ccc3c(c2)CCCN3C)C1. The molecule has 1 fully saturated rings. The molecule has 0 saturated carbocycles. The number of amides is 2. The Hall–Kier alpha value is -1.75. The number of fused-ring (bicyclic) bond motifs is 1. The summed E-state index contributed by atoms with van der Waals surface area (Å²) in [6, 6.07) is 6.25. The van der Waals surface area contributed by atoms with E-state index in [4.69, 9.17) is 4.74 Å². The molecule has 0 bridgehead atoms. The van der Waals surface area contributed by atoms with Crippen LogP contribution >= 0.6 is 0 Å². The molecule has 0 radical (unpaired) electrons. The maximum Gasteiger partial charge on any atom is 0.321 e. The zero-order valence-electron chi connectivity index (χ0n) is 14.2. The highest BCUT2D eigenvalue weighted by Crippen LogP contribution is 2.29. The van der Waals surface area contributed by atoms with Gasteiger partial charge in [-0.3, -0.25) is 0 Å². The van der Waals surface area contributed by atoms with Crippen LogP contribution in [0.3, 0.4) is 0 Å². The Kier molecular flexibility index (Phi) is 5.06. The second kappa shape index (κ2) is 7.21. The first-order chi connectivity index (χ1) is 11.2. The van der Waals surface area contributed by atoms with Gasteiger partial charge in [0.05, 0.1) is 6.61 Å². The maximum atomic E-state index is 12.4. The van der Waals surface area contributed by atoms with Gasteiger partial charge in [-0.15, -0.1) is 0 Å². The molecule has 2 heterocycles. The lowest BCUT2D eigenvalue weighted by Gasteiger charge is -2.28. The normalized spacial score (nSPS) is 20.5. The fourth-order valence-corrected chi connectivity index (χ4v) is 3.50. The number of nitrogens with one attached hydrogen (secondary N) is 1. The number of aryl methyl sites for hydroxylation is 1. The number of ether oxygens (including phenoxy) is 1. The lowest BCUT2D eigenvalue weighted by atomic mass is 10.0. The van der Waals surface area contributed by atoms with Crippen molar-refractivity contribution in [3.05, 3.63) is 23.8 Å². The van der Waals surface area contributed by atoms with Gasteiger partial charge in [0.1, 0.15) is 0 Å². The Morgan fingerprint density at radius 3 is 3.09 bits per heavy atom. The van der Waals surface area contributed by atoms with E-state index in [1.54, 1.807) is 0 Å². The van der Waals surface area contributed by atoms with E-state index in [9.17, 15) is 4.79 Å². The molecule has 1 N–H and O–H groups in total. The molecule has 5 heteroatoms. The monoisotopic (exact) mass is 317 g/mol. The van der Waals surface area contributed by atoms with E-state index >= 15 is 0 Å². The first-order valence-electron chi connectivity index (χ1n) is 8.65. The number of carbonyl (C=O) groups excluding carboxylic acids is 1. The molecule has 2 aliphatic heterocycles. The Labute approximate surface area is 138 Å². The van der Waals surface area contributed by atoms with E-state index in [1.807, 2.05) is 17.9 Å². The van der Waals surface area contributed by atoms with Crippen molar-refractivity contribution < 1.29 is 9.53 Å². The van der Waals surface area contributed by atoms with Crippen LogP contribution in [0.4, 0.5) is 16.2 Å². The molecule has 0 unspecified atom stereocenters. The molecule has 3 rings (SSSR count). The molecular weight excluding hydrogens is 290 g/mol. The minimum Gasteiger partial charge on any atom is -0.381 e. The molecule has 1 atom stereocenters. The van der Waals surface area contributed by atoms with Crippen LogP contribution in [0.25, 0.3) is 0 Å². The number of likely N-dealkylation sites (tertiary alicyclic amines) is 1. The Morgan fingerprint density at radius 2 is 2.26 bits per heavy atom. The van der Waals surface area contributed by atoms with E-state index in [1.165, 1.54) is 17.7 Å². The molecule has 0 aromatic heterocycles. The summed E-state index contributed by atoms with van der Waals surface area (Å²) in [7, 11) is 2.12. The predicted octanol–water partition coefficient (Wildman–Crippen LogP) is 2.96. The average Bonchev–Trinajstić information content (AvgIpc) is 3.02. The van der Waals surface area contributed by atoms with E-state index in [0.29, 0.717) is 5.92 Å². The van der Waals surface area contributed by atoms with E-state index < -0.39 is 0 Å². The zero-order valence-corrected chi connectivity index (χ0v) is 14.2. The van der Waals surface area contributed by atoms with Crippen molar-refractivity contribution in [2.45, 2.75) is 26.2 Å². The van der Waals surface area contributed by atoms with Gasteiger partial charge in [-0.25, -0.2) is 4.79 Å². The summed E-state index contributed by atoms with van der Waals surface area (Å²) in [4.78, 5) is 16.6. The molecule has 2 amide bonds. The number of benzene rings is 1. The lowest BCUT2D eigenvalue weighted by Crippen LogP contribution is -2.33. The summed E-state index contributed by atoms with van der Waals surface area (Å²) in [6.07, 6.45) is 3.29. The summed E-state index contributed by atoms with van der Waals surface area (Å²) in [5.74, 6) is 0.470. The topological polar surface area (TPSA) is 44.8 Å². The average molecular weight is 317 g/mol. The van der Waals surface area contributed by atoms with Crippen molar-refractivity contribution in [2.24, 2.45) is 5.92 Å². The van der Waals surface area contributed by atoms with Gasteiger partial charge in [0.25, 0.3) is 0 Å². The quantitative estimate of drug-likeness (QED) is 0.928. The molecule has 0 spiro atoms. The van der Waals surface area contributed by atoms with Crippen molar-refractivity contribution >= 4 is 17.4 Å². The molecule has 126 valence electrons. The minimum atomic E-state index is 0.00751. The van der Waals surface area contributed by atoms with Gasteiger partial charge in [-0.1, -0.05) is 0 Å². The smallest absolute Gasteiger partial charge is 0.321 e. The first kappa shape index (κ1) is 16.1. The predicted molar refractivity (Wildman–Crippen MR) is 93.2 cm³/mol. The van der Waals surface area contributed by atoms with Crippen molar-refractivity contribution in [1.82, 2.24) is 4.90 Å². The van der Waals surface area contributed by atoms with Crippen molar-refractivity contribution in [1.29, 1.82) is 0 Å². The first-order valence-corrected chi connectivity index (χ1v) is 8.65. The second-order valence-electron chi connectivity index (χ2n) is 6.56. The highest BCUT2D eigenvalue weighted by Gasteiger charge is 2.26. The van der Waals surface area contributed by atoms with Crippen LogP contribution in [-0.2, 0) is 11.2 Å². The number of rotatable bonds is 4. The standard InChI is InChI=1S/C18H27N3O2/c1-3-23-13-14-8-10-21(12-14)18(22)19-16-6-7-17-15(11-16)5-4-9-20(17)2/h6-7,11,14H,3-5,8-10,12-13H2,1-2H3,(H,19,22)/t14-/m1/s1. The number of urea groups is 1. The van der Waals surface area contributed by atoms with Crippen LogP contribution in [0.5, 0.6) is 0 Å². The summed E-state index contributed by atoms with van der Waals surface area (Å²) >= 11 is 0. The summed E-state index contributed by atoms with van der Waals surface area (Å²) in [5.41, 5.74) is 3.51. The fraction of sp³-hybridized carbons (Fsp3) is 0.611. The largest absolute Gasteiger partial charge is 0.381 e. The van der Waals surface area contributed by atoms with E-state index in [-0.39, 0.29) is 6.03 Å². The highest BCUT2D eigenvalue weighted by atomic mass is 16.5. The summed E-state index contributed by atoms with van der Waals surface area (Å²) < 4.78 is 5.47. The third-order valence-corrected chi connectivity index (χ3v) is 4.81. The van der Waals surface area contributed by atoms with Gasteiger partial charge in [-0.2, -0.15) is 0 Å². The molecule has 5 nitrogen and oxygen atoms in total. The van der Waals surface area contributed by atoms with Crippen LogP contribution < -0.4 is 10.2 Å². The lowest BCUT2D eigenvalue weighted by molar-refractivity contribution is 0.113. The van der Waals surface area contributed by atoms with Gasteiger partial charge < -0.3 is 19.9 Å². The molecular formula is C18H27N3O2. The fourth-order valence-electron chi connectivity index (χ4n) is 3.50. The van der Waals surface area contributed by atoms with Gasteiger partial charge in [-0.05, 0) is 49.9 Å². The van der Waals surface area contributed by atoms with Gasteiger partial charge >= 0.3 is 6.03 Å². The van der Waals surface area contributed by atoms with Crippen LogP contribution in [0.1, 0.15) is 25.3 Å². The maximum absolute atomic E-state index is 12.4. The van der Waals surface area contributed by atoms with Crippen molar-refractivity contribution in [3.63, 3.8) is 0 Å². The number of anilines is 2. The third kappa shape index (κ3) is 3.78. The molecule has 1 aromatic rings. The molecule has 2 aliphatic rings. The summed E-state index contributed by atoms with van der Waals surface area (Å²) in [5, 5.41) is 3.05. The van der Waals surface area contributed by atoms with Crippen molar-refractivity contribution in [2.75, 3.05) is 50.1 Å². The van der Waals surface area contributed by atoms with Gasteiger partial charge in [0, 0.05) is 50.6 Å². The zero-order chi connectivity index (χ0) is 16.2. The Bertz CT molecular complexity index is 561. The third-order valence-electron chi connectivity index (χ3n) is 4.81. The van der Waals surface area contributed by atoms with Crippen LogP contribution in [0, 0.1) is 5.92 Å². The minimum absolute atomic E-state index is 0.00751. The highest BCUT2D eigenvalue weighted by molar-refractivity contribution is 5.90. The van der Waals surface area contributed by atoms with Gasteiger partial charge in [0.2, 0.25) is 0 Å². The number of carbonyl (C=O) groups is 1. The van der Waals surface area contributed by atoms with Crippen molar-refractivity contribution in [3.8, 4) is 0 Å². The molecule has 0 aliphatic carbocycles. The molecule has 23 heavy (non-hydrogen) atoms. The van der Waals surface area contributed by atoms with Crippen LogP contribution in [-0.4, -0.2) is 50.8 Å². The Balaban J connectivity index is 1.58. The van der Waals surface area contributed by atoms with Gasteiger partial charge in [0.15, 0.2) is 0 Å². The summed E-state index contributed by atoms with van der Waals surface area (Å²) in [6.45, 7) is 6.22. The molecule has 1 aromatic carbocycles. The number of hydrogen-bond donors (Lipinski definition) is 1. The number of hydrogen-bond acceptors (Lipinski definition) is 3. The Morgan fingerprint density at radius 1 is 1.39 bits per heavy atom. The molecule has 1 saturated heterocycles. The van der Waals surface area contributed by atoms with Crippen LogP contribution in [0.15, 0.2) is 18.2 Å². The van der Waals surface area contributed by atoms with E-state index in [2.05, 4.69) is 29.4 Å².